The highest BCUT2D eigenvalue weighted by Crippen LogP contribution is 2.34. The minimum absolute atomic E-state index is 0.00125. The van der Waals surface area contributed by atoms with Crippen LogP contribution >= 0.6 is 11.3 Å². The molecule has 0 unspecified atom stereocenters. The summed E-state index contributed by atoms with van der Waals surface area (Å²) in [5.74, 6) is -0.912. The lowest BCUT2D eigenvalue weighted by Gasteiger charge is -1.95. The molecule has 1 fully saturated rings. The molecule has 0 aliphatic heterocycles. The van der Waals surface area contributed by atoms with Gasteiger partial charge in [-0.2, -0.15) is 0 Å². The number of hydrogen-bond acceptors (Lipinski definition) is 3. The molecule has 1 aromatic rings. The highest BCUT2D eigenvalue weighted by Gasteiger charge is 2.33. The summed E-state index contributed by atoms with van der Waals surface area (Å²) >= 11 is 1.11. The van der Waals surface area contributed by atoms with E-state index in [0.717, 1.165) is 24.2 Å². The zero-order valence-corrected chi connectivity index (χ0v) is 7.63. The van der Waals surface area contributed by atoms with E-state index in [9.17, 15) is 9.59 Å². The predicted molar refractivity (Wildman–Crippen MR) is 48.3 cm³/mol. The smallest absolute Gasteiger partial charge is 0.346 e. The molecule has 3 nitrogen and oxygen atoms in total. The number of Topliss-reactive ketones (excluding diaryl/α,β-unsaturated/α-hetero) is 1. The van der Waals surface area contributed by atoms with E-state index in [-0.39, 0.29) is 16.6 Å². The van der Waals surface area contributed by atoms with Gasteiger partial charge in [0, 0.05) is 11.5 Å². The summed E-state index contributed by atoms with van der Waals surface area (Å²) in [6.45, 7) is 0. The summed E-state index contributed by atoms with van der Waals surface area (Å²) in [4.78, 5) is 22.4. The van der Waals surface area contributed by atoms with Crippen molar-refractivity contribution in [1.29, 1.82) is 0 Å². The van der Waals surface area contributed by atoms with Crippen LogP contribution in [0.25, 0.3) is 0 Å². The van der Waals surface area contributed by atoms with Gasteiger partial charge in [-0.25, -0.2) is 4.79 Å². The lowest BCUT2D eigenvalue weighted by molar-refractivity contribution is 0.0697. The molecule has 4 heteroatoms. The number of ketones is 1. The molecule has 68 valence electrons. The number of carbonyl (C=O) groups excluding carboxylic acids is 1. The molecule has 1 aromatic heterocycles. The molecule has 0 bridgehead atoms. The van der Waals surface area contributed by atoms with Gasteiger partial charge in [0.1, 0.15) is 4.88 Å². The molecule has 13 heavy (non-hydrogen) atoms. The van der Waals surface area contributed by atoms with Crippen molar-refractivity contribution in [2.75, 3.05) is 0 Å². The highest BCUT2D eigenvalue weighted by molar-refractivity contribution is 7.12. The highest BCUT2D eigenvalue weighted by atomic mass is 32.1. The van der Waals surface area contributed by atoms with Gasteiger partial charge in [-0.1, -0.05) is 0 Å². The maximum absolute atomic E-state index is 11.5. The maximum atomic E-state index is 11.5. The van der Waals surface area contributed by atoms with Crippen molar-refractivity contribution < 1.29 is 14.7 Å². The summed E-state index contributed by atoms with van der Waals surface area (Å²) < 4.78 is 0. The van der Waals surface area contributed by atoms with Crippen molar-refractivity contribution in [2.45, 2.75) is 12.8 Å². The van der Waals surface area contributed by atoms with Gasteiger partial charge in [0.15, 0.2) is 5.78 Å². The Bertz CT molecular complexity index is 363. The average Bonchev–Trinajstić information content (AvgIpc) is 2.80. The lowest BCUT2D eigenvalue weighted by Crippen LogP contribution is -2.06. The van der Waals surface area contributed by atoms with Crippen molar-refractivity contribution in [3.05, 3.63) is 21.9 Å². The number of hydrogen-bond donors (Lipinski definition) is 1. The predicted octanol–water partition coefficient (Wildman–Crippen LogP) is 2.04. The van der Waals surface area contributed by atoms with E-state index in [0.29, 0.717) is 5.56 Å². The zero-order chi connectivity index (χ0) is 9.42. The number of aromatic carboxylic acids is 1. The normalized spacial score (nSPS) is 15.7. The van der Waals surface area contributed by atoms with E-state index in [4.69, 9.17) is 5.11 Å². The van der Waals surface area contributed by atoms with Crippen LogP contribution in [-0.2, 0) is 0 Å². The lowest BCUT2D eigenvalue weighted by atomic mass is 10.1. The van der Waals surface area contributed by atoms with E-state index in [1.54, 1.807) is 11.4 Å². The molecule has 1 aliphatic carbocycles. The molecule has 1 N–H and O–H groups in total. The van der Waals surface area contributed by atoms with E-state index in [1.807, 2.05) is 0 Å². The van der Waals surface area contributed by atoms with Gasteiger partial charge >= 0.3 is 5.97 Å². The van der Waals surface area contributed by atoms with Crippen molar-refractivity contribution >= 4 is 23.1 Å². The largest absolute Gasteiger partial charge is 0.477 e. The van der Waals surface area contributed by atoms with Crippen molar-refractivity contribution in [3.8, 4) is 0 Å². The average molecular weight is 196 g/mol. The first-order valence-electron chi connectivity index (χ1n) is 4.05. The molecule has 1 aliphatic rings. The topological polar surface area (TPSA) is 54.4 Å². The van der Waals surface area contributed by atoms with Gasteiger partial charge < -0.3 is 5.11 Å². The van der Waals surface area contributed by atoms with Crippen LogP contribution in [0.5, 0.6) is 0 Å². The summed E-state index contributed by atoms with van der Waals surface area (Å²) in [7, 11) is 0. The second-order valence-corrected chi connectivity index (χ2v) is 4.02. The third-order valence-electron chi connectivity index (χ3n) is 2.07. The Labute approximate surface area is 79.0 Å². The first kappa shape index (κ1) is 8.44. The van der Waals surface area contributed by atoms with Gasteiger partial charge in [-0.3, -0.25) is 4.79 Å². The van der Waals surface area contributed by atoms with Crippen LogP contribution in [0.2, 0.25) is 0 Å². The van der Waals surface area contributed by atoms with Crippen LogP contribution in [-0.4, -0.2) is 16.9 Å². The Hall–Kier alpha value is -1.16. The minimum Gasteiger partial charge on any atom is -0.477 e. The van der Waals surface area contributed by atoms with Crippen LogP contribution in [0.1, 0.15) is 32.9 Å². The summed E-state index contributed by atoms with van der Waals surface area (Å²) in [5, 5.41) is 10.4. The van der Waals surface area contributed by atoms with Crippen LogP contribution in [0.15, 0.2) is 11.4 Å². The number of carboxylic acid groups (broad SMARTS) is 1. The Morgan fingerprint density at radius 3 is 2.69 bits per heavy atom. The SMILES string of the molecule is O=C(O)c1sccc1C(=O)C1CC1. The monoisotopic (exact) mass is 196 g/mol. The van der Waals surface area contributed by atoms with Crippen LogP contribution in [0.3, 0.4) is 0 Å². The number of carboxylic acids is 1. The molecule has 0 spiro atoms. The van der Waals surface area contributed by atoms with Gasteiger partial charge in [0.2, 0.25) is 0 Å². The second kappa shape index (κ2) is 2.96. The molecule has 1 heterocycles. The Kier molecular flexibility index (Phi) is 1.92. The molecular formula is C9H8O3S. The Balaban J connectivity index is 2.33. The summed E-state index contributed by atoms with van der Waals surface area (Å²) in [6, 6.07) is 1.61. The van der Waals surface area contributed by atoms with Crippen molar-refractivity contribution in [3.63, 3.8) is 0 Å². The van der Waals surface area contributed by atoms with Crippen LogP contribution in [0, 0.1) is 5.92 Å². The fourth-order valence-electron chi connectivity index (χ4n) is 1.23. The molecule has 0 amide bonds. The van der Waals surface area contributed by atoms with Gasteiger partial charge in [0.25, 0.3) is 0 Å². The minimum atomic E-state index is -1.00. The molecule has 2 rings (SSSR count). The maximum Gasteiger partial charge on any atom is 0.346 e. The molecule has 0 aromatic carbocycles. The number of thiophene rings is 1. The second-order valence-electron chi connectivity index (χ2n) is 3.11. The third-order valence-corrected chi connectivity index (χ3v) is 2.98. The molecule has 0 saturated heterocycles. The van der Waals surface area contributed by atoms with Crippen LogP contribution < -0.4 is 0 Å². The number of rotatable bonds is 3. The zero-order valence-electron chi connectivity index (χ0n) is 6.82. The van der Waals surface area contributed by atoms with E-state index < -0.39 is 5.97 Å². The van der Waals surface area contributed by atoms with Gasteiger partial charge in [-0.15, -0.1) is 11.3 Å². The van der Waals surface area contributed by atoms with Gasteiger partial charge in [0.05, 0.1) is 0 Å². The Morgan fingerprint density at radius 1 is 1.46 bits per heavy atom. The van der Waals surface area contributed by atoms with E-state index in [2.05, 4.69) is 0 Å². The van der Waals surface area contributed by atoms with Gasteiger partial charge in [-0.05, 0) is 24.3 Å². The first-order valence-corrected chi connectivity index (χ1v) is 4.93. The molecular weight excluding hydrogens is 188 g/mol. The van der Waals surface area contributed by atoms with Crippen molar-refractivity contribution in [2.24, 2.45) is 5.92 Å². The molecule has 0 radical (unpaired) electrons. The van der Waals surface area contributed by atoms with E-state index in [1.165, 1.54) is 0 Å². The quantitative estimate of drug-likeness (QED) is 0.752. The van der Waals surface area contributed by atoms with E-state index >= 15 is 0 Å². The summed E-state index contributed by atoms with van der Waals surface area (Å²) in [6.07, 6.45) is 1.82. The van der Waals surface area contributed by atoms with Crippen molar-refractivity contribution in [1.82, 2.24) is 0 Å². The first-order chi connectivity index (χ1) is 6.20. The fraction of sp³-hybridized carbons (Fsp3) is 0.333. The summed E-state index contributed by atoms with van der Waals surface area (Å²) in [5.41, 5.74) is 0.389. The molecule has 0 atom stereocenters. The van der Waals surface area contributed by atoms with Crippen LogP contribution in [0.4, 0.5) is 0 Å². The molecule has 1 saturated carbocycles. The number of carbonyl (C=O) groups is 2. The fourth-order valence-corrected chi connectivity index (χ4v) is 1.97. The Morgan fingerprint density at radius 2 is 2.15 bits per heavy atom. The standard InChI is InChI=1S/C9H8O3S/c10-7(5-1-2-5)6-3-4-13-8(6)9(11)12/h3-5H,1-2H2,(H,11,12). The third kappa shape index (κ3) is 1.49.